The van der Waals surface area contributed by atoms with Crippen LogP contribution in [-0.2, 0) is 20.8 Å². The third-order valence-electron chi connectivity index (χ3n) is 13.2. The minimum Gasteiger partial charge on any atom is -0.455 e. The molecule has 4 heterocycles. The van der Waals surface area contributed by atoms with Crippen molar-refractivity contribution in [2.45, 2.75) is 63.9 Å². The van der Waals surface area contributed by atoms with E-state index in [4.69, 9.17) is 16.3 Å². The van der Waals surface area contributed by atoms with E-state index < -0.39 is 43.7 Å². The van der Waals surface area contributed by atoms with Crippen molar-refractivity contribution < 1.29 is 40.8 Å². The Hall–Kier alpha value is -5.98. The van der Waals surface area contributed by atoms with E-state index in [0.717, 1.165) is 66.1 Å². The first-order chi connectivity index (χ1) is 32.2. The van der Waals surface area contributed by atoms with Gasteiger partial charge in [0, 0.05) is 93.7 Å². The predicted molar refractivity (Wildman–Crippen MR) is 255 cm³/mol. The summed E-state index contributed by atoms with van der Waals surface area (Å²) < 4.78 is 74.6. The maximum absolute atomic E-state index is 14.1. The Morgan fingerprint density at radius 1 is 1.03 bits per heavy atom. The molecule has 1 aliphatic carbocycles. The fraction of sp³-hybridized carbons (Fsp3) is 0.408. The van der Waals surface area contributed by atoms with E-state index in [1.54, 1.807) is 29.3 Å². The van der Waals surface area contributed by atoms with Gasteiger partial charge in [-0.1, -0.05) is 37.1 Å². The molecule has 1 amide bonds. The third-order valence-corrected chi connectivity index (χ3v) is 15.1. The summed E-state index contributed by atoms with van der Waals surface area (Å²) in [6.07, 6.45) is 2.75. The zero-order valence-electron chi connectivity index (χ0n) is 38.0. The minimum atomic E-state index is -4.50. The number of aromatic nitrogens is 2. The number of fused-ring (bicyclic) bond motifs is 1. The van der Waals surface area contributed by atoms with Gasteiger partial charge in [0.25, 0.3) is 5.69 Å². The van der Waals surface area contributed by atoms with Crippen molar-refractivity contribution in [3.8, 4) is 11.5 Å². The number of nitrogens with zero attached hydrogens (tertiary/aromatic N) is 5. The maximum atomic E-state index is 14.1. The van der Waals surface area contributed by atoms with Crippen molar-refractivity contribution >= 4 is 66.8 Å². The summed E-state index contributed by atoms with van der Waals surface area (Å²) in [5.74, 6) is -1.34. The van der Waals surface area contributed by atoms with Gasteiger partial charge in [-0.05, 0) is 103 Å². The fourth-order valence-corrected chi connectivity index (χ4v) is 10.9. The van der Waals surface area contributed by atoms with Gasteiger partial charge in [0.2, 0.25) is 5.91 Å². The van der Waals surface area contributed by atoms with Gasteiger partial charge in [-0.25, -0.2) is 13.4 Å². The van der Waals surface area contributed by atoms with Crippen LogP contribution >= 0.6 is 11.6 Å². The number of nitrogens with one attached hydrogen (secondary N) is 2. The number of pyridine rings is 1. The first-order valence-electron chi connectivity index (χ1n) is 22.6. The van der Waals surface area contributed by atoms with Crippen LogP contribution < -0.4 is 15.0 Å². The lowest BCUT2D eigenvalue weighted by Crippen LogP contribution is -2.47. The molecule has 1 unspecified atom stereocenters. The molecule has 0 bridgehead atoms. The van der Waals surface area contributed by atoms with Crippen molar-refractivity contribution in [3.05, 3.63) is 117 Å². The number of alkyl halides is 3. The van der Waals surface area contributed by atoms with Gasteiger partial charge >= 0.3 is 6.18 Å². The van der Waals surface area contributed by atoms with Crippen molar-refractivity contribution in [2.24, 2.45) is 11.3 Å². The second kappa shape index (κ2) is 19.6. The van der Waals surface area contributed by atoms with Gasteiger partial charge in [0.15, 0.2) is 15.6 Å². The molecule has 2 fully saturated rings. The van der Waals surface area contributed by atoms with Gasteiger partial charge in [0.05, 0.1) is 27.1 Å². The molecule has 360 valence electrons. The van der Waals surface area contributed by atoms with E-state index in [2.05, 4.69) is 38.9 Å². The number of carbonyl (C=O) groups is 2. The highest BCUT2D eigenvalue weighted by Gasteiger charge is 2.34. The molecule has 0 saturated carbocycles. The standard InChI is InChI=1S/C49H53ClF3N7O7S/c1-31(61)59-16-4-5-32(28-59)26-55-43-11-8-38(24-44(43)60(63)64)68(65,66)30-45(62)40-10-7-36(23-46(40)67-37-21-33-13-15-54-47(33)56-27-37)58-19-17-57(18-20-58)29-34-12-14-48(2,3)25-41(34)39-9-6-35(22-42(39)50)49(51,52)53/h6-11,13,15,21-24,27,32,55H,4-5,12,14,16-20,25-26,28-30H2,1-3H3,(H,54,56). The zero-order chi connectivity index (χ0) is 48.5. The molecule has 0 spiro atoms. The normalized spacial score (nSPS) is 18.2. The molecule has 2 aromatic heterocycles. The maximum Gasteiger partial charge on any atom is 0.416 e. The topological polar surface area (TPSA) is 171 Å². The van der Waals surface area contributed by atoms with Gasteiger partial charge in [0.1, 0.15) is 28.6 Å². The SMILES string of the molecule is CC(=O)N1CCCC(CNc2ccc(S(=O)(=O)CC(=O)c3ccc(N4CCN(CC5=C(c6ccc(C(F)(F)F)cc6Cl)CC(C)(C)CC5)CC4)cc3Oc3cnc4[nH]ccc4c3)cc2[N+](=O)[O-])C1. The summed E-state index contributed by atoms with van der Waals surface area (Å²) in [6.45, 7) is 10.5. The van der Waals surface area contributed by atoms with Gasteiger partial charge < -0.3 is 24.8 Å². The molecule has 5 aromatic rings. The van der Waals surface area contributed by atoms with Crippen LogP contribution in [0.15, 0.2) is 89.6 Å². The van der Waals surface area contributed by atoms with E-state index in [0.29, 0.717) is 75.7 Å². The molecule has 19 heteroatoms. The van der Waals surface area contributed by atoms with E-state index in [1.165, 1.54) is 37.4 Å². The van der Waals surface area contributed by atoms with Gasteiger partial charge in [-0.15, -0.1) is 0 Å². The molecule has 68 heavy (non-hydrogen) atoms. The number of piperazine rings is 1. The number of likely N-dealkylation sites (tertiary alicyclic amines) is 1. The lowest BCUT2D eigenvalue weighted by Gasteiger charge is -2.39. The van der Waals surface area contributed by atoms with E-state index >= 15 is 0 Å². The largest absolute Gasteiger partial charge is 0.455 e. The Labute approximate surface area is 397 Å². The summed E-state index contributed by atoms with van der Waals surface area (Å²) in [6, 6.07) is 15.6. The van der Waals surface area contributed by atoms with Gasteiger partial charge in [-0.2, -0.15) is 13.2 Å². The van der Waals surface area contributed by atoms with E-state index in [-0.39, 0.29) is 44.2 Å². The van der Waals surface area contributed by atoms with E-state index in [1.807, 2.05) is 6.07 Å². The molecular weight excluding hydrogens is 923 g/mol. The van der Waals surface area contributed by atoms with Crippen LogP contribution in [-0.4, -0.2) is 103 Å². The van der Waals surface area contributed by atoms with Crippen LogP contribution in [0.3, 0.4) is 0 Å². The van der Waals surface area contributed by atoms with Crippen LogP contribution in [0.25, 0.3) is 16.6 Å². The van der Waals surface area contributed by atoms with E-state index in [9.17, 15) is 41.3 Å². The highest BCUT2D eigenvalue weighted by atomic mass is 35.5. The number of hydrogen-bond acceptors (Lipinski definition) is 11. The number of halogens is 4. The molecule has 1 atom stereocenters. The number of allylic oxidation sites excluding steroid dienone is 1. The van der Waals surface area contributed by atoms with Crippen molar-refractivity contribution in [2.75, 3.05) is 68.3 Å². The minimum absolute atomic E-state index is 0.00776. The first-order valence-corrected chi connectivity index (χ1v) is 24.6. The number of aromatic amines is 1. The summed E-state index contributed by atoms with van der Waals surface area (Å²) in [4.78, 5) is 50.8. The zero-order valence-corrected chi connectivity index (χ0v) is 39.6. The van der Waals surface area contributed by atoms with Crippen LogP contribution in [0.5, 0.6) is 11.5 Å². The number of Topliss-reactive ketones (excluding diaryl/α,β-unsaturated/α-hetero) is 1. The predicted octanol–water partition coefficient (Wildman–Crippen LogP) is 10.0. The average molecular weight is 977 g/mol. The Morgan fingerprint density at radius 3 is 2.53 bits per heavy atom. The molecule has 3 aromatic carbocycles. The first kappa shape index (κ1) is 48.5. The Balaban J connectivity index is 0.997. The number of H-pyrrole nitrogens is 1. The number of ketones is 1. The number of amides is 1. The molecule has 2 saturated heterocycles. The molecule has 2 N–H and O–H groups in total. The highest BCUT2D eigenvalue weighted by molar-refractivity contribution is 7.92. The molecule has 3 aliphatic rings. The number of nitro groups is 1. The summed E-state index contributed by atoms with van der Waals surface area (Å²) in [5.41, 5.74) is 2.95. The highest BCUT2D eigenvalue weighted by Crippen LogP contribution is 2.46. The number of ether oxygens (including phenoxy) is 1. The number of carbonyl (C=O) groups excluding carboxylic acids is 2. The number of benzene rings is 3. The Bertz CT molecular complexity index is 2900. The molecule has 2 aliphatic heterocycles. The second-order valence-corrected chi connectivity index (χ2v) is 21.1. The van der Waals surface area contributed by atoms with Crippen LogP contribution in [0, 0.1) is 21.4 Å². The Kier molecular flexibility index (Phi) is 13.9. The van der Waals surface area contributed by atoms with Crippen LogP contribution in [0.1, 0.15) is 74.4 Å². The fourth-order valence-electron chi connectivity index (χ4n) is 9.40. The molecule has 14 nitrogen and oxygen atoms in total. The summed E-state index contributed by atoms with van der Waals surface area (Å²) in [7, 11) is -4.40. The monoisotopic (exact) mass is 975 g/mol. The molecule has 8 rings (SSSR count). The third kappa shape index (κ3) is 11.1. The van der Waals surface area contributed by atoms with Crippen molar-refractivity contribution in [1.82, 2.24) is 19.8 Å². The van der Waals surface area contributed by atoms with Crippen LogP contribution in [0.4, 0.5) is 30.2 Å². The number of nitro benzene ring substituents is 1. The van der Waals surface area contributed by atoms with Crippen molar-refractivity contribution in [1.29, 1.82) is 0 Å². The summed E-state index contributed by atoms with van der Waals surface area (Å²) in [5, 5.41) is 16.1. The number of piperidine rings is 1. The molecular formula is C49H53ClF3N7O7S. The molecule has 0 radical (unpaired) electrons. The Morgan fingerprint density at radius 2 is 1.81 bits per heavy atom. The number of rotatable bonds is 14. The smallest absolute Gasteiger partial charge is 0.416 e. The number of anilines is 2. The van der Waals surface area contributed by atoms with Crippen LogP contribution in [0.2, 0.25) is 5.02 Å². The lowest BCUT2D eigenvalue weighted by atomic mass is 9.72. The summed E-state index contributed by atoms with van der Waals surface area (Å²) >= 11 is 6.54. The average Bonchev–Trinajstić information content (AvgIpc) is 3.77. The van der Waals surface area contributed by atoms with Gasteiger partial charge in [-0.3, -0.25) is 24.6 Å². The second-order valence-electron chi connectivity index (χ2n) is 18.7. The van der Waals surface area contributed by atoms with Crippen molar-refractivity contribution in [3.63, 3.8) is 0 Å². The lowest BCUT2D eigenvalue weighted by molar-refractivity contribution is -0.384. The number of hydrogen-bond donors (Lipinski definition) is 2. The number of sulfone groups is 1. The quantitative estimate of drug-likeness (QED) is 0.0617.